The van der Waals surface area contributed by atoms with Crippen molar-refractivity contribution in [2.24, 2.45) is 5.73 Å². The average Bonchev–Trinajstić information content (AvgIpc) is 3.34. The molecule has 4 rings (SSSR count). The molecule has 3 aromatic carbocycles. The lowest BCUT2D eigenvalue weighted by Gasteiger charge is -2.13. The van der Waals surface area contributed by atoms with Crippen molar-refractivity contribution >= 4 is 17.6 Å². The molecule has 1 heterocycles. The zero-order chi connectivity index (χ0) is 23.4. The van der Waals surface area contributed by atoms with E-state index in [9.17, 15) is 14.0 Å². The molecule has 8 heteroatoms. The van der Waals surface area contributed by atoms with E-state index < -0.39 is 17.7 Å². The van der Waals surface area contributed by atoms with Gasteiger partial charge < -0.3 is 20.7 Å². The van der Waals surface area contributed by atoms with Gasteiger partial charge in [-0.25, -0.2) is 4.39 Å². The van der Waals surface area contributed by atoms with Crippen molar-refractivity contribution in [1.82, 2.24) is 5.16 Å². The van der Waals surface area contributed by atoms with Crippen LogP contribution < -0.4 is 11.1 Å². The van der Waals surface area contributed by atoms with Gasteiger partial charge in [-0.3, -0.25) is 9.59 Å². The second kappa shape index (κ2) is 9.46. The highest BCUT2D eigenvalue weighted by molar-refractivity contribution is 6.06. The van der Waals surface area contributed by atoms with Crippen LogP contribution in [0.15, 0.2) is 77.6 Å². The summed E-state index contributed by atoms with van der Waals surface area (Å²) in [7, 11) is 0. The summed E-state index contributed by atoms with van der Waals surface area (Å²) in [6.07, 6.45) is 2.73. The molecular formula is C25H20FN3O4. The number of aliphatic carboxylic acids is 1. The van der Waals surface area contributed by atoms with Crippen LogP contribution in [0.25, 0.3) is 22.3 Å². The average molecular weight is 445 g/mol. The zero-order valence-corrected chi connectivity index (χ0v) is 17.4. The molecule has 4 aromatic rings. The number of carboxylic acids is 1. The number of rotatable bonds is 7. The molecule has 7 nitrogen and oxygen atoms in total. The van der Waals surface area contributed by atoms with Crippen LogP contribution in [0.1, 0.15) is 21.5 Å². The molecule has 0 bridgehead atoms. The Labute approximate surface area is 188 Å². The van der Waals surface area contributed by atoms with Gasteiger partial charge >= 0.3 is 5.97 Å². The van der Waals surface area contributed by atoms with Crippen LogP contribution in [0.2, 0.25) is 0 Å². The smallest absolute Gasteiger partial charge is 0.307 e. The number of anilines is 1. The second-order valence-corrected chi connectivity index (χ2v) is 7.45. The maximum Gasteiger partial charge on any atom is 0.307 e. The molecular weight excluding hydrogens is 425 g/mol. The number of amides is 1. The number of aromatic nitrogens is 1. The Morgan fingerprint density at radius 2 is 1.73 bits per heavy atom. The van der Waals surface area contributed by atoms with Gasteiger partial charge in [0.1, 0.15) is 12.1 Å². The monoisotopic (exact) mass is 445 g/mol. The molecule has 4 N–H and O–H groups in total. The molecule has 0 radical (unpaired) electrons. The topological polar surface area (TPSA) is 118 Å². The summed E-state index contributed by atoms with van der Waals surface area (Å²) in [4.78, 5) is 24.3. The quantitative estimate of drug-likeness (QED) is 0.386. The minimum absolute atomic E-state index is 0.170. The SMILES string of the molecule is NCc1cc(F)cc(-c2cc(C(=O)Nc3ccccc3CC(=O)O)cc(-c3cnoc3)c2)c1. The van der Waals surface area contributed by atoms with E-state index in [1.54, 1.807) is 48.5 Å². The van der Waals surface area contributed by atoms with Gasteiger partial charge in [-0.2, -0.15) is 0 Å². The number of nitrogens with one attached hydrogen (secondary N) is 1. The van der Waals surface area contributed by atoms with E-state index in [0.717, 1.165) is 0 Å². The molecule has 0 aliphatic rings. The lowest BCUT2D eigenvalue weighted by atomic mass is 9.96. The van der Waals surface area contributed by atoms with Crippen molar-refractivity contribution in [3.63, 3.8) is 0 Å². The normalized spacial score (nSPS) is 10.7. The molecule has 0 atom stereocenters. The zero-order valence-electron chi connectivity index (χ0n) is 17.4. The minimum atomic E-state index is -1.00. The molecule has 0 saturated heterocycles. The number of nitrogens with zero attached hydrogens (tertiary/aromatic N) is 1. The van der Waals surface area contributed by atoms with Gasteiger partial charge in [0.25, 0.3) is 5.91 Å². The van der Waals surface area contributed by atoms with Crippen LogP contribution in [-0.4, -0.2) is 22.1 Å². The van der Waals surface area contributed by atoms with E-state index in [1.165, 1.54) is 24.6 Å². The van der Waals surface area contributed by atoms with Crippen molar-refractivity contribution in [2.75, 3.05) is 5.32 Å². The first kappa shape index (κ1) is 21.9. The third kappa shape index (κ3) is 5.13. The number of hydrogen-bond acceptors (Lipinski definition) is 5. The highest BCUT2D eigenvalue weighted by Crippen LogP contribution is 2.30. The first-order valence-electron chi connectivity index (χ1n) is 10.1. The van der Waals surface area contributed by atoms with Crippen molar-refractivity contribution in [1.29, 1.82) is 0 Å². The molecule has 166 valence electrons. The van der Waals surface area contributed by atoms with Crippen molar-refractivity contribution in [2.45, 2.75) is 13.0 Å². The van der Waals surface area contributed by atoms with Crippen LogP contribution in [0.5, 0.6) is 0 Å². The number of carbonyl (C=O) groups is 2. The molecule has 0 saturated carbocycles. The number of para-hydroxylation sites is 1. The maximum atomic E-state index is 14.2. The highest BCUT2D eigenvalue weighted by atomic mass is 19.1. The van der Waals surface area contributed by atoms with Gasteiger partial charge in [0.2, 0.25) is 0 Å². The van der Waals surface area contributed by atoms with Crippen molar-refractivity contribution in [3.05, 3.63) is 95.6 Å². The Kier molecular flexibility index (Phi) is 6.28. The maximum absolute atomic E-state index is 14.2. The third-order valence-corrected chi connectivity index (χ3v) is 5.09. The fourth-order valence-electron chi connectivity index (χ4n) is 3.53. The first-order chi connectivity index (χ1) is 15.9. The van der Waals surface area contributed by atoms with Gasteiger partial charge in [-0.1, -0.05) is 23.4 Å². The largest absolute Gasteiger partial charge is 0.481 e. The summed E-state index contributed by atoms with van der Waals surface area (Å²) in [5.41, 5.74) is 9.95. The molecule has 33 heavy (non-hydrogen) atoms. The second-order valence-electron chi connectivity index (χ2n) is 7.45. The lowest BCUT2D eigenvalue weighted by molar-refractivity contribution is -0.136. The number of carbonyl (C=O) groups excluding carboxylic acids is 1. The van der Waals surface area contributed by atoms with Crippen molar-refractivity contribution in [3.8, 4) is 22.3 Å². The number of halogens is 1. The summed E-state index contributed by atoms with van der Waals surface area (Å²) in [5, 5.41) is 15.6. The first-order valence-corrected chi connectivity index (χ1v) is 10.1. The Bertz CT molecular complexity index is 1320. The number of hydrogen-bond donors (Lipinski definition) is 3. The Hall–Kier alpha value is -4.30. The fourth-order valence-corrected chi connectivity index (χ4v) is 3.53. The number of benzene rings is 3. The van der Waals surface area contributed by atoms with Crippen LogP contribution >= 0.6 is 0 Å². The third-order valence-electron chi connectivity index (χ3n) is 5.09. The molecule has 1 amide bonds. The van der Waals surface area contributed by atoms with E-state index >= 15 is 0 Å². The van der Waals surface area contributed by atoms with Gasteiger partial charge in [0, 0.05) is 23.4 Å². The van der Waals surface area contributed by atoms with E-state index in [4.69, 9.17) is 15.4 Å². The van der Waals surface area contributed by atoms with Crippen LogP contribution in [0, 0.1) is 5.82 Å². The Morgan fingerprint density at radius 1 is 1.00 bits per heavy atom. The van der Waals surface area contributed by atoms with Gasteiger partial charge in [-0.15, -0.1) is 0 Å². The fraction of sp³-hybridized carbons (Fsp3) is 0.0800. The summed E-state index contributed by atoms with van der Waals surface area (Å²) in [6, 6.07) is 16.3. The van der Waals surface area contributed by atoms with E-state index in [-0.39, 0.29) is 13.0 Å². The molecule has 0 aliphatic heterocycles. The van der Waals surface area contributed by atoms with E-state index in [2.05, 4.69) is 10.5 Å². The summed E-state index contributed by atoms with van der Waals surface area (Å²) in [6.45, 7) is 0.170. The predicted octanol–water partition coefficient (Wildman–Crippen LogP) is 4.49. The van der Waals surface area contributed by atoms with Gasteiger partial charge in [-0.05, 0) is 70.3 Å². The number of carboxylic acid groups (broad SMARTS) is 1. The molecule has 1 aromatic heterocycles. The minimum Gasteiger partial charge on any atom is -0.481 e. The van der Waals surface area contributed by atoms with Crippen LogP contribution in [-0.2, 0) is 17.8 Å². The van der Waals surface area contributed by atoms with Crippen LogP contribution in [0.4, 0.5) is 10.1 Å². The molecule has 0 aliphatic carbocycles. The van der Waals surface area contributed by atoms with E-state index in [1.807, 2.05) is 0 Å². The highest BCUT2D eigenvalue weighted by Gasteiger charge is 2.15. The standard InChI is InChI=1S/C25H20FN3O4/c26-22-6-15(12-27)5-17(10-22)18-7-19(21-13-28-33-14-21)9-20(8-18)25(32)29-23-4-2-1-3-16(23)11-24(30)31/h1-10,13-14H,11-12,27H2,(H,29,32)(H,30,31). The Balaban J connectivity index is 1.76. The van der Waals surface area contributed by atoms with Gasteiger partial charge in [0.05, 0.1) is 12.6 Å². The lowest BCUT2D eigenvalue weighted by Crippen LogP contribution is -2.14. The summed E-state index contributed by atoms with van der Waals surface area (Å²) in [5.74, 6) is -1.88. The summed E-state index contributed by atoms with van der Waals surface area (Å²) >= 11 is 0. The van der Waals surface area contributed by atoms with Gasteiger partial charge in [0.15, 0.2) is 0 Å². The van der Waals surface area contributed by atoms with E-state index in [0.29, 0.717) is 44.6 Å². The summed E-state index contributed by atoms with van der Waals surface area (Å²) < 4.78 is 19.1. The van der Waals surface area contributed by atoms with Crippen molar-refractivity contribution < 1.29 is 23.6 Å². The van der Waals surface area contributed by atoms with Crippen LogP contribution in [0.3, 0.4) is 0 Å². The number of nitrogens with two attached hydrogens (primary N) is 1. The predicted molar refractivity (Wildman–Crippen MR) is 121 cm³/mol. The molecule has 0 unspecified atom stereocenters. The molecule has 0 fully saturated rings. The Morgan fingerprint density at radius 3 is 2.42 bits per heavy atom. The molecule has 0 spiro atoms.